The van der Waals surface area contributed by atoms with Crippen LogP contribution in [0.5, 0.6) is 0 Å². The van der Waals surface area contributed by atoms with Gasteiger partial charge in [-0.25, -0.2) is 0 Å². The Kier molecular flexibility index (Phi) is 3.48. The van der Waals surface area contributed by atoms with Crippen molar-refractivity contribution in [2.75, 3.05) is 0 Å². The van der Waals surface area contributed by atoms with Gasteiger partial charge in [0, 0.05) is 24.7 Å². The van der Waals surface area contributed by atoms with Gasteiger partial charge < -0.3 is 0 Å². The number of allylic oxidation sites excluding steroid dienone is 2. The van der Waals surface area contributed by atoms with Gasteiger partial charge in [-0.1, -0.05) is 19.8 Å². The third-order valence-electron chi connectivity index (χ3n) is 6.29. The molecule has 0 radical (unpaired) electrons. The fraction of sp³-hybridized carbons (Fsp3) is 0.632. The number of carbonyl (C=O) groups is 2. The second-order valence-electron chi connectivity index (χ2n) is 7.29. The first-order chi connectivity index (χ1) is 10.4. The molecule has 2 saturated carbocycles. The van der Waals surface area contributed by atoms with Crippen LogP contribution in [0.3, 0.4) is 0 Å². The number of carbonyl (C=O) groups excluding carboxylic acids is 2. The van der Waals surface area contributed by atoms with Gasteiger partial charge in [-0.3, -0.25) is 9.59 Å². The topological polar surface area (TPSA) is 57.9 Å². The third-order valence-corrected chi connectivity index (χ3v) is 6.29. The average Bonchev–Trinajstić information content (AvgIpc) is 2.51. The van der Waals surface area contributed by atoms with E-state index in [1.807, 2.05) is 13.0 Å². The van der Waals surface area contributed by atoms with Crippen LogP contribution in [0, 0.1) is 45.8 Å². The lowest BCUT2D eigenvalue weighted by Crippen LogP contribution is -2.51. The van der Waals surface area contributed by atoms with Crippen LogP contribution >= 0.6 is 0 Å². The number of ketones is 2. The molecule has 0 bridgehead atoms. The molecule has 0 aromatic carbocycles. The predicted molar refractivity (Wildman–Crippen MR) is 82.4 cm³/mol. The van der Waals surface area contributed by atoms with Crippen LogP contribution < -0.4 is 0 Å². The van der Waals surface area contributed by atoms with Gasteiger partial charge in [-0.2, -0.15) is 5.26 Å². The molecule has 0 unspecified atom stereocenters. The zero-order valence-corrected chi connectivity index (χ0v) is 13.2. The first kappa shape index (κ1) is 15.0. The van der Waals surface area contributed by atoms with Crippen LogP contribution in [0.15, 0.2) is 11.6 Å². The Morgan fingerprint density at radius 3 is 2.73 bits per heavy atom. The van der Waals surface area contributed by atoms with Crippen molar-refractivity contribution in [1.29, 1.82) is 5.26 Å². The molecule has 0 aliphatic heterocycles. The fourth-order valence-corrected chi connectivity index (χ4v) is 5.03. The smallest absolute Gasteiger partial charge is 0.155 e. The molecule has 0 N–H and O–H groups in total. The van der Waals surface area contributed by atoms with Crippen molar-refractivity contribution in [2.24, 2.45) is 22.7 Å². The van der Waals surface area contributed by atoms with Crippen LogP contribution in [0.4, 0.5) is 0 Å². The number of nitriles is 1. The molecular formula is C19H21NO2. The molecule has 3 nitrogen and oxygen atoms in total. The van der Waals surface area contributed by atoms with E-state index in [1.165, 1.54) is 0 Å². The van der Waals surface area contributed by atoms with Gasteiger partial charge in [0.25, 0.3) is 0 Å². The maximum Gasteiger partial charge on any atom is 0.155 e. The molecular weight excluding hydrogens is 274 g/mol. The fourth-order valence-electron chi connectivity index (χ4n) is 5.03. The Balaban J connectivity index is 2.12. The summed E-state index contributed by atoms with van der Waals surface area (Å²) in [6, 6.07) is 1.93. The van der Waals surface area contributed by atoms with Crippen molar-refractivity contribution in [2.45, 2.75) is 52.4 Å². The highest BCUT2D eigenvalue weighted by Gasteiger charge is 2.56. The van der Waals surface area contributed by atoms with E-state index in [4.69, 9.17) is 5.26 Å². The van der Waals surface area contributed by atoms with Gasteiger partial charge in [0.15, 0.2) is 11.9 Å². The standard InChI is InChI=1S/C19H21NO2/c1-13-15-5-10-19(7-3-11-20)9-4-14(21)12-17(19)18(15,2)8-6-16(13)22/h12-13,15H,4-6,8-10H2,1-2H3/t13-,15+,18+,19-/m1/s1. The summed E-state index contributed by atoms with van der Waals surface area (Å²) in [5, 5.41) is 8.85. The van der Waals surface area contributed by atoms with Gasteiger partial charge in [0.2, 0.25) is 0 Å². The van der Waals surface area contributed by atoms with Crippen LogP contribution in [-0.4, -0.2) is 11.6 Å². The van der Waals surface area contributed by atoms with Gasteiger partial charge >= 0.3 is 0 Å². The van der Waals surface area contributed by atoms with E-state index in [1.54, 1.807) is 6.08 Å². The van der Waals surface area contributed by atoms with E-state index in [9.17, 15) is 9.59 Å². The second-order valence-corrected chi connectivity index (χ2v) is 7.29. The zero-order chi connectivity index (χ0) is 16.0. The van der Waals surface area contributed by atoms with E-state index < -0.39 is 0 Å². The number of fused-ring (bicyclic) bond motifs is 3. The van der Waals surface area contributed by atoms with Gasteiger partial charge in [0.1, 0.15) is 5.78 Å². The molecule has 0 heterocycles. The van der Waals surface area contributed by atoms with E-state index in [0.29, 0.717) is 24.5 Å². The molecule has 0 saturated heterocycles. The van der Waals surface area contributed by atoms with E-state index >= 15 is 0 Å². The summed E-state index contributed by atoms with van der Waals surface area (Å²) in [5.41, 5.74) is 0.649. The average molecular weight is 295 g/mol. The molecule has 3 heteroatoms. The van der Waals surface area contributed by atoms with E-state index in [-0.39, 0.29) is 22.5 Å². The number of hydrogen-bond acceptors (Lipinski definition) is 3. The molecule has 3 rings (SSSR count). The highest BCUT2D eigenvalue weighted by Crippen LogP contribution is 2.62. The summed E-state index contributed by atoms with van der Waals surface area (Å²) in [7, 11) is 0. The summed E-state index contributed by atoms with van der Waals surface area (Å²) in [6.07, 6.45) is 6.23. The van der Waals surface area contributed by atoms with Crippen LogP contribution in [0.2, 0.25) is 0 Å². The number of nitrogens with zero attached hydrogens (tertiary/aromatic N) is 1. The summed E-state index contributed by atoms with van der Waals surface area (Å²) in [5.74, 6) is 6.63. The largest absolute Gasteiger partial charge is 0.299 e. The third kappa shape index (κ3) is 2.03. The Morgan fingerprint density at radius 1 is 1.23 bits per heavy atom. The second kappa shape index (κ2) is 5.10. The molecule has 22 heavy (non-hydrogen) atoms. The maximum atomic E-state index is 12.1. The monoisotopic (exact) mass is 295 g/mol. The summed E-state index contributed by atoms with van der Waals surface area (Å²) in [6.45, 7) is 4.23. The lowest BCUT2D eigenvalue weighted by atomic mass is 9.47. The van der Waals surface area contributed by atoms with Crippen molar-refractivity contribution >= 4 is 11.6 Å². The molecule has 3 aliphatic rings. The van der Waals surface area contributed by atoms with Gasteiger partial charge in [0.05, 0.1) is 5.41 Å². The summed E-state index contributed by atoms with van der Waals surface area (Å²) < 4.78 is 0. The minimum Gasteiger partial charge on any atom is -0.299 e. The Labute approximate surface area is 131 Å². The van der Waals surface area contributed by atoms with Crippen LogP contribution in [-0.2, 0) is 9.59 Å². The Hall–Kier alpha value is -1.87. The number of hydrogen-bond donors (Lipinski definition) is 0. The number of rotatable bonds is 0. The highest BCUT2D eigenvalue weighted by atomic mass is 16.1. The molecule has 2 fully saturated rings. The lowest BCUT2D eigenvalue weighted by molar-refractivity contribution is -0.131. The van der Waals surface area contributed by atoms with Crippen molar-refractivity contribution in [3.8, 4) is 17.9 Å². The minimum absolute atomic E-state index is 0.0543. The predicted octanol–water partition coefficient (Wildman–Crippen LogP) is 3.20. The molecule has 0 aromatic rings. The number of Topliss-reactive ketones (excluding diaryl/α,β-unsaturated/α-hetero) is 1. The molecule has 0 amide bonds. The first-order valence-corrected chi connectivity index (χ1v) is 8.12. The quantitative estimate of drug-likeness (QED) is 0.645. The summed E-state index contributed by atoms with van der Waals surface area (Å²) in [4.78, 5) is 24.2. The molecule has 114 valence electrons. The molecule has 4 atom stereocenters. The Morgan fingerprint density at radius 2 is 2.00 bits per heavy atom. The highest BCUT2D eigenvalue weighted by molar-refractivity contribution is 5.92. The van der Waals surface area contributed by atoms with E-state index in [2.05, 4.69) is 18.8 Å². The summed E-state index contributed by atoms with van der Waals surface area (Å²) >= 11 is 0. The molecule has 3 aliphatic carbocycles. The SMILES string of the molecule is C[C@H]1C(=O)CC[C@]2(C)C3=CC(=O)CC[C@]3(C#CC#N)CC[C@@H]12. The Bertz CT molecular complexity index is 672. The molecule has 0 spiro atoms. The van der Waals surface area contributed by atoms with Crippen LogP contribution in [0.1, 0.15) is 52.4 Å². The first-order valence-electron chi connectivity index (χ1n) is 8.12. The normalized spacial score (nSPS) is 40.5. The maximum absolute atomic E-state index is 12.1. The van der Waals surface area contributed by atoms with Gasteiger partial charge in [-0.15, -0.1) is 0 Å². The van der Waals surface area contributed by atoms with Crippen LogP contribution in [0.25, 0.3) is 0 Å². The minimum atomic E-state index is -0.324. The van der Waals surface area contributed by atoms with E-state index in [0.717, 1.165) is 31.3 Å². The lowest BCUT2D eigenvalue weighted by Gasteiger charge is -2.56. The molecule has 0 aromatic heterocycles. The van der Waals surface area contributed by atoms with Crippen molar-refractivity contribution in [3.05, 3.63) is 11.6 Å². The van der Waals surface area contributed by atoms with Crippen molar-refractivity contribution in [3.63, 3.8) is 0 Å². The zero-order valence-electron chi connectivity index (χ0n) is 13.2. The van der Waals surface area contributed by atoms with Crippen molar-refractivity contribution < 1.29 is 9.59 Å². The van der Waals surface area contributed by atoms with Gasteiger partial charge in [-0.05, 0) is 48.7 Å². The van der Waals surface area contributed by atoms with Crippen molar-refractivity contribution in [1.82, 2.24) is 0 Å².